The number of hydrogen-bond acceptors (Lipinski definition) is 2. The molecule has 3 rings (SSSR count). The van der Waals surface area contributed by atoms with Crippen LogP contribution in [0.3, 0.4) is 0 Å². The molecule has 1 aliphatic heterocycles. The van der Waals surface area contributed by atoms with E-state index in [1.165, 1.54) is 23.8 Å². The molecule has 1 aromatic heterocycles. The van der Waals surface area contributed by atoms with E-state index in [4.69, 9.17) is 16.6 Å². The molecular formula is C15H17ClN2. The number of fused-ring (bicyclic) bond motifs is 1. The highest BCUT2D eigenvalue weighted by Crippen LogP contribution is 2.28. The second-order valence-corrected chi connectivity index (χ2v) is 5.24. The SMILES string of the molecule is CC1CCCN1c1cc(CCl)c2ccccc2n1. The van der Waals surface area contributed by atoms with Crippen LogP contribution in [-0.2, 0) is 5.88 Å². The van der Waals surface area contributed by atoms with Crippen molar-refractivity contribution in [1.82, 2.24) is 4.98 Å². The summed E-state index contributed by atoms with van der Waals surface area (Å²) in [6.07, 6.45) is 2.51. The lowest BCUT2D eigenvalue weighted by Crippen LogP contribution is -2.27. The molecule has 1 atom stereocenters. The fraction of sp³-hybridized carbons (Fsp3) is 0.400. The number of benzene rings is 1. The lowest BCUT2D eigenvalue weighted by Gasteiger charge is -2.23. The van der Waals surface area contributed by atoms with E-state index in [-0.39, 0.29) is 0 Å². The minimum atomic E-state index is 0.540. The van der Waals surface area contributed by atoms with Crippen LogP contribution >= 0.6 is 11.6 Å². The quantitative estimate of drug-likeness (QED) is 0.760. The maximum atomic E-state index is 6.07. The molecular weight excluding hydrogens is 244 g/mol. The van der Waals surface area contributed by atoms with Crippen molar-refractivity contribution >= 4 is 28.3 Å². The zero-order valence-corrected chi connectivity index (χ0v) is 11.3. The molecule has 1 aromatic carbocycles. The number of nitrogens with zero attached hydrogens (tertiary/aromatic N) is 2. The first kappa shape index (κ1) is 11.8. The fourth-order valence-electron chi connectivity index (χ4n) is 2.76. The zero-order chi connectivity index (χ0) is 12.5. The van der Waals surface area contributed by atoms with Crippen molar-refractivity contribution in [3.63, 3.8) is 0 Å². The van der Waals surface area contributed by atoms with Crippen LogP contribution in [0.5, 0.6) is 0 Å². The molecule has 94 valence electrons. The first-order valence-electron chi connectivity index (χ1n) is 6.51. The maximum absolute atomic E-state index is 6.07. The minimum absolute atomic E-state index is 0.540. The summed E-state index contributed by atoms with van der Waals surface area (Å²) in [6.45, 7) is 3.37. The summed E-state index contributed by atoms with van der Waals surface area (Å²) in [4.78, 5) is 7.17. The second kappa shape index (κ2) is 4.77. The molecule has 2 aromatic rings. The maximum Gasteiger partial charge on any atom is 0.129 e. The normalized spacial score (nSPS) is 19.7. The van der Waals surface area contributed by atoms with E-state index in [0.29, 0.717) is 11.9 Å². The van der Waals surface area contributed by atoms with Gasteiger partial charge in [-0.15, -0.1) is 11.6 Å². The Labute approximate surface area is 113 Å². The van der Waals surface area contributed by atoms with Crippen LogP contribution in [0.4, 0.5) is 5.82 Å². The summed E-state index contributed by atoms with van der Waals surface area (Å²) >= 11 is 6.07. The molecule has 0 aliphatic carbocycles. The van der Waals surface area contributed by atoms with Crippen molar-refractivity contribution in [1.29, 1.82) is 0 Å². The molecule has 1 unspecified atom stereocenters. The van der Waals surface area contributed by atoms with Crippen LogP contribution in [0.1, 0.15) is 25.3 Å². The third kappa shape index (κ3) is 1.95. The summed E-state index contributed by atoms with van der Waals surface area (Å²) in [7, 11) is 0. The number of alkyl halides is 1. The predicted molar refractivity (Wildman–Crippen MR) is 77.3 cm³/mol. The van der Waals surface area contributed by atoms with Crippen molar-refractivity contribution in [3.05, 3.63) is 35.9 Å². The van der Waals surface area contributed by atoms with Gasteiger partial charge in [0.15, 0.2) is 0 Å². The summed E-state index contributed by atoms with van der Waals surface area (Å²) in [5.74, 6) is 1.62. The lowest BCUT2D eigenvalue weighted by atomic mass is 10.1. The lowest BCUT2D eigenvalue weighted by molar-refractivity contribution is 0.728. The Bertz CT molecular complexity index is 567. The van der Waals surface area contributed by atoms with Gasteiger partial charge >= 0.3 is 0 Å². The fourth-order valence-corrected chi connectivity index (χ4v) is 2.98. The number of pyridine rings is 1. The van der Waals surface area contributed by atoms with Gasteiger partial charge in [0.05, 0.1) is 5.52 Å². The van der Waals surface area contributed by atoms with Crippen molar-refractivity contribution in [2.75, 3.05) is 11.4 Å². The highest BCUT2D eigenvalue weighted by molar-refractivity contribution is 6.18. The Balaban J connectivity index is 2.13. The Kier molecular flexibility index (Phi) is 3.13. The zero-order valence-electron chi connectivity index (χ0n) is 10.6. The predicted octanol–water partition coefficient (Wildman–Crippen LogP) is 3.96. The molecule has 0 saturated carbocycles. The van der Waals surface area contributed by atoms with Gasteiger partial charge in [-0.25, -0.2) is 4.98 Å². The highest BCUT2D eigenvalue weighted by atomic mass is 35.5. The Hall–Kier alpha value is -1.28. The molecule has 0 bridgehead atoms. The van der Waals surface area contributed by atoms with Crippen LogP contribution in [0.15, 0.2) is 30.3 Å². The van der Waals surface area contributed by atoms with E-state index in [2.05, 4.69) is 30.0 Å². The van der Waals surface area contributed by atoms with Gasteiger partial charge in [0.25, 0.3) is 0 Å². The van der Waals surface area contributed by atoms with Crippen LogP contribution in [-0.4, -0.2) is 17.6 Å². The van der Waals surface area contributed by atoms with Gasteiger partial charge in [-0.1, -0.05) is 18.2 Å². The molecule has 0 amide bonds. The Morgan fingerprint density at radius 3 is 2.94 bits per heavy atom. The summed E-state index contributed by atoms with van der Waals surface area (Å²) in [5.41, 5.74) is 2.22. The third-order valence-corrected chi connectivity index (χ3v) is 4.07. The molecule has 1 saturated heterocycles. The van der Waals surface area contributed by atoms with Gasteiger partial charge in [0, 0.05) is 23.9 Å². The molecule has 3 heteroatoms. The average molecular weight is 261 g/mol. The monoisotopic (exact) mass is 260 g/mol. The molecule has 0 radical (unpaired) electrons. The van der Waals surface area contributed by atoms with Crippen molar-refractivity contribution < 1.29 is 0 Å². The largest absolute Gasteiger partial charge is 0.354 e. The van der Waals surface area contributed by atoms with Crippen molar-refractivity contribution in [3.8, 4) is 0 Å². The molecule has 1 aliphatic rings. The Morgan fingerprint density at radius 1 is 1.39 bits per heavy atom. The third-order valence-electron chi connectivity index (χ3n) is 3.78. The van der Waals surface area contributed by atoms with Gasteiger partial charge in [0.2, 0.25) is 0 Å². The van der Waals surface area contributed by atoms with Crippen molar-refractivity contribution in [2.45, 2.75) is 31.7 Å². The first-order valence-corrected chi connectivity index (χ1v) is 7.04. The van der Waals surface area contributed by atoms with Crippen LogP contribution in [0.25, 0.3) is 10.9 Å². The molecule has 2 nitrogen and oxygen atoms in total. The number of anilines is 1. The second-order valence-electron chi connectivity index (χ2n) is 4.98. The average Bonchev–Trinajstić information content (AvgIpc) is 2.83. The standard InChI is InChI=1S/C15H17ClN2/c1-11-5-4-8-18(11)15-9-12(10-16)13-6-2-3-7-14(13)17-15/h2-3,6-7,9,11H,4-5,8,10H2,1H3. The molecule has 0 N–H and O–H groups in total. The number of rotatable bonds is 2. The van der Waals surface area contributed by atoms with Crippen LogP contribution in [0, 0.1) is 0 Å². The minimum Gasteiger partial charge on any atom is -0.354 e. The van der Waals surface area contributed by atoms with Gasteiger partial charge in [-0.05, 0) is 37.5 Å². The number of halogens is 1. The van der Waals surface area contributed by atoms with Gasteiger partial charge in [0.1, 0.15) is 5.82 Å². The van der Waals surface area contributed by atoms with E-state index in [1.54, 1.807) is 0 Å². The summed E-state index contributed by atoms with van der Waals surface area (Å²) in [6, 6.07) is 11.0. The van der Waals surface area contributed by atoms with E-state index in [9.17, 15) is 0 Å². The Morgan fingerprint density at radius 2 is 2.22 bits per heavy atom. The number of aromatic nitrogens is 1. The van der Waals surface area contributed by atoms with Crippen LogP contribution < -0.4 is 4.90 Å². The van der Waals surface area contributed by atoms with E-state index >= 15 is 0 Å². The van der Waals surface area contributed by atoms with Gasteiger partial charge in [-0.2, -0.15) is 0 Å². The van der Waals surface area contributed by atoms with Gasteiger partial charge < -0.3 is 4.90 Å². The van der Waals surface area contributed by atoms with E-state index < -0.39 is 0 Å². The highest BCUT2D eigenvalue weighted by Gasteiger charge is 2.22. The van der Waals surface area contributed by atoms with E-state index in [1.807, 2.05) is 12.1 Å². The molecule has 2 heterocycles. The molecule has 18 heavy (non-hydrogen) atoms. The van der Waals surface area contributed by atoms with Crippen LogP contribution in [0.2, 0.25) is 0 Å². The van der Waals surface area contributed by atoms with Crippen molar-refractivity contribution in [2.24, 2.45) is 0 Å². The first-order chi connectivity index (χ1) is 8.79. The molecule has 0 spiro atoms. The van der Waals surface area contributed by atoms with Gasteiger partial charge in [-0.3, -0.25) is 0 Å². The number of para-hydroxylation sites is 1. The topological polar surface area (TPSA) is 16.1 Å². The van der Waals surface area contributed by atoms with E-state index in [0.717, 1.165) is 17.9 Å². The summed E-state index contributed by atoms with van der Waals surface area (Å²) < 4.78 is 0. The summed E-state index contributed by atoms with van der Waals surface area (Å²) in [5, 5.41) is 1.17. The number of hydrogen-bond donors (Lipinski definition) is 0. The smallest absolute Gasteiger partial charge is 0.129 e. The molecule has 1 fully saturated rings.